The number of benzene rings is 1. The van der Waals surface area contributed by atoms with Gasteiger partial charge in [0.15, 0.2) is 0 Å². The maximum Gasteiger partial charge on any atom is 0.253 e. The number of nitrogens with one attached hydrogen (secondary N) is 2. The summed E-state index contributed by atoms with van der Waals surface area (Å²) < 4.78 is 4.88. The molecule has 0 radical (unpaired) electrons. The molecule has 7 heteroatoms. The number of hydrogen-bond donors (Lipinski definition) is 2. The topological polar surface area (TPSA) is 70.7 Å². The van der Waals surface area contributed by atoms with Gasteiger partial charge in [-0.25, -0.2) is 0 Å². The number of methoxy groups -OCH3 is 1. The molecule has 1 rings (SSSR count). The highest BCUT2D eigenvalue weighted by Gasteiger charge is 2.07. The predicted octanol–water partition coefficient (Wildman–Crippen LogP) is 0.662. The highest BCUT2D eigenvalue weighted by Crippen LogP contribution is 2.06. The molecule has 0 bridgehead atoms. The summed E-state index contributed by atoms with van der Waals surface area (Å²) in [6.45, 7) is 1.93. The van der Waals surface area contributed by atoms with E-state index < -0.39 is 0 Å². The normalized spacial score (nSPS) is 9.77. The molecular weight excluding hydrogens is 306 g/mol. The summed E-state index contributed by atoms with van der Waals surface area (Å²) in [6, 6.07) is 7.21. The quantitative estimate of drug-likeness (QED) is 0.687. The molecule has 1 aromatic carbocycles. The molecule has 22 heavy (non-hydrogen) atoms. The Bertz CT molecular complexity index is 464. The molecule has 0 atom stereocenters. The maximum atomic E-state index is 11.7. The minimum absolute atomic E-state index is 0. The summed E-state index contributed by atoms with van der Waals surface area (Å²) in [7, 11) is 5.05. The number of carbonyl (C=O) groups excluding carboxylic acids is 2. The van der Waals surface area contributed by atoms with E-state index in [2.05, 4.69) is 10.6 Å². The maximum absolute atomic E-state index is 11.7. The molecule has 0 spiro atoms. The van der Waals surface area contributed by atoms with Gasteiger partial charge in [0.1, 0.15) is 0 Å². The summed E-state index contributed by atoms with van der Waals surface area (Å²) in [5.41, 5.74) is 1.59. The van der Waals surface area contributed by atoms with E-state index in [4.69, 9.17) is 4.74 Å². The van der Waals surface area contributed by atoms with Crippen LogP contribution in [0.2, 0.25) is 0 Å². The molecule has 0 aliphatic carbocycles. The van der Waals surface area contributed by atoms with Gasteiger partial charge in [-0.15, -0.1) is 12.4 Å². The van der Waals surface area contributed by atoms with Crippen LogP contribution in [0.3, 0.4) is 0 Å². The van der Waals surface area contributed by atoms with Gasteiger partial charge in [-0.3, -0.25) is 9.59 Å². The number of carbonyl (C=O) groups is 2. The van der Waals surface area contributed by atoms with Crippen LogP contribution in [0.15, 0.2) is 24.3 Å². The van der Waals surface area contributed by atoms with Gasteiger partial charge in [0.05, 0.1) is 13.2 Å². The van der Waals surface area contributed by atoms with Gasteiger partial charge < -0.3 is 20.3 Å². The Morgan fingerprint density at radius 1 is 1.18 bits per heavy atom. The Morgan fingerprint density at radius 3 is 2.36 bits per heavy atom. The van der Waals surface area contributed by atoms with Crippen molar-refractivity contribution in [2.75, 3.05) is 40.9 Å². The average Bonchev–Trinajstić information content (AvgIpc) is 2.49. The fourth-order valence-corrected chi connectivity index (χ4v) is 1.66. The molecule has 0 aliphatic rings. The standard InChI is InChI=1S/C15H23N3O3.ClH/c1-18(2)15(20)13-6-4-12(5-7-13)10-17-14(19)11-16-8-9-21-3;/h4-7,16H,8-11H2,1-3H3,(H,17,19);1H. The van der Waals surface area contributed by atoms with E-state index in [1.54, 1.807) is 33.3 Å². The zero-order chi connectivity index (χ0) is 15.7. The van der Waals surface area contributed by atoms with E-state index >= 15 is 0 Å². The third-order valence-electron chi connectivity index (χ3n) is 2.87. The molecule has 0 saturated carbocycles. The van der Waals surface area contributed by atoms with Crippen molar-refractivity contribution in [3.63, 3.8) is 0 Å². The van der Waals surface area contributed by atoms with Crippen molar-refractivity contribution in [1.82, 2.24) is 15.5 Å². The van der Waals surface area contributed by atoms with Crippen molar-refractivity contribution >= 4 is 24.2 Å². The van der Waals surface area contributed by atoms with Crippen LogP contribution >= 0.6 is 12.4 Å². The van der Waals surface area contributed by atoms with Gasteiger partial charge in [-0.2, -0.15) is 0 Å². The monoisotopic (exact) mass is 329 g/mol. The zero-order valence-electron chi connectivity index (χ0n) is 13.2. The van der Waals surface area contributed by atoms with Gasteiger partial charge in [-0.05, 0) is 17.7 Å². The number of halogens is 1. The Hall–Kier alpha value is -1.63. The SMILES string of the molecule is COCCNCC(=O)NCc1ccc(C(=O)N(C)C)cc1.Cl. The molecular formula is C15H24ClN3O3. The minimum Gasteiger partial charge on any atom is -0.383 e. The van der Waals surface area contributed by atoms with Crippen LogP contribution in [-0.2, 0) is 16.1 Å². The number of nitrogens with zero attached hydrogens (tertiary/aromatic N) is 1. The molecule has 0 unspecified atom stereocenters. The van der Waals surface area contributed by atoms with Gasteiger partial charge in [0, 0.05) is 39.9 Å². The van der Waals surface area contributed by atoms with Crippen LogP contribution in [0.1, 0.15) is 15.9 Å². The summed E-state index contributed by atoms with van der Waals surface area (Å²) in [5, 5.41) is 5.78. The summed E-state index contributed by atoms with van der Waals surface area (Å²) in [6.07, 6.45) is 0. The Labute approximate surface area is 137 Å². The Balaban J connectivity index is 0.00000441. The molecule has 0 aromatic heterocycles. The van der Waals surface area contributed by atoms with E-state index in [1.807, 2.05) is 12.1 Å². The lowest BCUT2D eigenvalue weighted by atomic mass is 10.1. The van der Waals surface area contributed by atoms with Crippen LogP contribution in [0.4, 0.5) is 0 Å². The van der Waals surface area contributed by atoms with Crippen LogP contribution in [0.25, 0.3) is 0 Å². The van der Waals surface area contributed by atoms with Gasteiger partial charge in [-0.1, -0.05) is 12.1 Å². The second-order valence-corrected chi connectivity index (χ2v) is 4.84. The lowest BCUT2D eigenvalue weighted by Gasteiger charge is -2.11. The lowest BCUT2D eigenvalue weighted by molar-refractivity contribution is -0.120. The molecule has 1 aromatic rings. The number of rotatable bonds is 8. The van der Waals surface area contributed by atoms with Crippen LogP contribution < -0.4 is 10.6 Å². The second kappa shape index (κ2) is 11.0. The summed E-state index contributed by atoms with van der Waals surface area (Å²) in [5.74, 6) is -0.104. The summed E-state index contributed by atoms with van der Waals surface area (Å²) >= 11 is 0. The van der Waals surface area contributed by atoms with Gasteiger partial charge >= 0.3 is 0 Å². The molecule has 0 heterocycles. The fourth-order valence-electron chi connectivity index (χ4n) is 1.66. The first kappa shape index (κ1) is 20.4. The first-order valence-corrected chi connectivity index (χ1v) is 6.81. The highest BCUT2D eigenvalue weighted by atomic mass is 35.5. The predicted molar refractivity (Wildman–Crippen MR) is 88.3 cm³/mol. The van der Waals surface area contributed by atoms with Crippen molar-refractivity contribution in [3.8, 4) is 0 Å². The second-order valence-electron chi connectivity index (χ2n) is 4.84. The lowest BCUT2D eigenvalue weighted by Crippen LogP contribution is -2.34. The van der Waals surface area contributed by atoms with E-state index in [9.17, 15) is 9.59 Å². The third kappa shape index (κ3) is 7.40. The van der Waals surface area contributed by atoms with E-state index in [0.717, 1.165) is 5.56 Å². The van der Waals surface area contributed by atoms with Crippen LogP contribution in [0, 0.1) is 0 Å². The highest BCUT2D eigenvalue weighted by molar-refractivity contribution is 5.93. The van der Waals surface area contributed by atoms with Crippen molar-refractivity contribution in [1.29, 1.82) is 0 Å². The average molecular weight is 330 g/mol. The number of hydrogen-bond acceptors (Lipinski definition) is 4. The van der Waals surface area contributed by atoms with E-state index in [1.165, 1.54) is 4.90 Å². The van der Waals surface area contributed by atoms with E-state index in [-0.39, 0.29) is 30.8 Å². The Morgan fingerprint density at radius 2 is 1.82 bits per heavy atom. The number of ether oxygens (including phenoxy) is 1. The molecule has 0 saturated heterocycles. The van der Waals surface area contributed by atoms with Crippen molar-refractivity contribution < 1.29 is 14.3 Å². The largest absolute Gasteiger partial charge is 0.383 e. The van der Waals surface area contributed by atoms with E-state index in [0.29, 0.717) is 25.3 Å². The number of amides is 2. The third-order valence-corrected chi connectivity index (χ3v) is 2.87. The molecule has 6 nitrogen and oxygen atoms in total. The summed E-state index contributed by atoms with van der Waals surface area (Å²) in [4.78, 5) is 24.8. The van der Waals surface area contributed by atoms with Crippen LogP contribution in [-0.4, -0.2) is 57.6 Å². The fraction of sp³-hybridized carbons (Fsp3) is 0.467. The van der Waals surface area contributed by atoms with Crippen molar-refractivity contribution in [2.24, 2.45) is 0 Å². The van der Waals surface area contributed by atoms with Crippen molar-refractivity contribution in [3.05, 3.63) is 35.4 Å². The van der Waals surface area contributed by atoms with Gasteiger partial charge in [0.2, 0.25) is 5.91 Å². The Kier molecular flexibility index (Phi) is 10.2. The first-order valence-electron chi connectivity index (χ1n) is 6.81. The molecule has 0 fully saturated rings. The molecule has 2 N–H and O–H groups in total. The van der Waals surface area contributed by atoms with Gasteiger partial charge in [0.25, 0.3) is 5.91 Å². The van der Waals surface area contributed by atoms with Crippen LogP contribution in [0.5, 0.6) is 0 Å². The zero-order valence-corrected chi connectivity index (χ0v) is 14.0. The first-order chi connectivity index (χ1) is 10.0. The molecule has 2 amide bonds. The molecule has 0 aliphatic heterocycles. The van der Waals surface area contributed by atoms with Crippen molar-refractivity contribution in [2.45, 2.75) is 6.54 Å². The molecule has 124 valence electrons. The minimum atomic E-state index is -0.0699. The smallest absolute Gasteiger partial charge is 0.253 e.